The molecule has 1 amide bonds. The van der Waals surface area contributed by atoms with E-state index in [0.29, 0.717) is 18.7 Å². The van der Waals surface area contributed by atoms with Crippen molar-refractivity contribution in [2.75, 3.05) is 13.2 Å². The number of ether oxygens (including phenoxy) is 1. The predicted octanol–water partition coefficient (Wildman–Crippen LogP) is 1.84. The first-order valence-electron chi connectivity index (χ1n) is 8.79. The quantitative estimate of drug-likeness (QED) is 0.503. The number of pyridine rings is 1. The van der Waals surface area contributed by atoms with E-state index in [-0.39, 0.29) is 24.4 Å². The number of aliphatic hydroxyl groups excluding tert-OH is 1. The largest absolute Gasteiger partial charge is 0.391 e. The fourth-order valence-electron chi connectivity index (χ4n) is 2.20. The number of hydrogen-bond donors (Lipinski definition) is 2. The zero-order valence-electron chi connectivity index (χ0n) is 16.3. The van der Waals surface area contributed by atoms with E-state index in [2.05, 4.69) is 25.0 Å². The van der Waals surface area contributed by atoms with Crippen molar-refractivity contribution < 1.29 is 14.6 Å². The molecule has 1 heterocycles. The summed E-state index contributed by atoms with van der Waals surface area (Å²) in [6.07, 6.45) is -0.113. The SMILES string of the molecule is CCC(O)CNC(=O)c1cc(C#N)c(=O)n(COCC[Si](C)(C)C)c1C. The summed E-state index contributed by atoms with van der Waals surface area (Å²) in [6, 6.07) is 4.09. The second-order valence-electron chi connectivity index (χ2n) is 7.52. The molecule has 0 spiro atoms. The standard InChI is InChI=1S/C18H29N3O4Si/c1-6-15(22)11-20-17(23)16-9-14(10-19)18(24)21(13(16)2)12-25-7-8-26(3,4)5/h9,15,22H,6-8,11-12H2,1-5H3,(H,20,23). The van der Waals surface area contributed by atoms with Crippen LogP contribution in [0.25, 0.3) is 0 Å². The lowest BCUT2D eigenvalue weighted by molar-refractivity contribution is 0.0820. The van der Waals surface area contributed by atoms with Crippen molar-refractivity contribution in [2.45, 2.75) is 58.8 Å². The zero-order valence-corrected chi connectivity index (χ0v) is 17.3. The first kappa shape index (κ1) is 22.1. The average molecular weight is 380 g/mol. The zero-order chi connectivity index (χ0) is 19.9. The van der Waals surface area contributed by atoms with Gasteiger partial charge in [-0.1, -0.05) is 26.6 Å². The van der Waals surface area contributed by atoms with Crippen LogP contribution in [0.3, 0.4) is 0 Å². The van der Waals surface area contributed by atoms with Crippen molar-refractivity contribution in [3.8, 4) is 6.07 Å². The van der Waals surface area contributed by atoms with Crippen molar-refractivity contribution >= 4 is 14.0 Å². The molecule has 0 aliphatic rings. The molecule has 1 aromatic heterocycles. The Balaban J connectivity index is 3.02. The lowest BCUT2D eigenvalue weighted by Gasteiger charge is -2.18. The number of nitrogens with one attached hydrogen (secondary N) is 1. The molecule has 144 valence electrons. The van der Waals surface area contributed by atoms with Gasteiger partial charge in [0.25, 0.3) is 11.5 Å². The summed E-state index contributed by atoms with van der Waals surface area (Å²) >= 11 is 0. The maximum Gasteiger partial charge on any atom is 0.270 e. The summed E-state index contributed by atoms with van der Waals surface area (Å²) in [5.74, 6) is -0.428. The van der Waals surface area contributed by atoms with E-state index in [4.69, 9.17) is 4.74 Å². The smallest absolute Gasteiger partial charge is 0.270 e. The van der Waals surface area contributed by atoms with E-state index in [0.717, 1.165) is 6.04 Å². The van der Waals surface area contributed by atoms with Gasteiger partial charge in [-0.15, -0.1) is 0 Å². The number of rotatable bonds is 9. The van der Waals surface area contributed by atoms with E-state index >= 15 is 0 Å². The molecule has 26 heavy (non-hydrogen) atoms. The molecule has 2 N–H and O–H groups in total. The Morgan fingerprint density at radius 2 is 2.12 bits per heavy atom. The Morgan fingerprint density at radius 3 is 2.65 bits per heavy atom. The first-order chi connectivity index (χ1) is 12.1. The molecule has 0 radical (unpaired) electrons. The fourth-order valence-corrected chi connectivity index (χ4v) is 2.96. The number of aliphatic hydroxyl groups is 1. The van der Waals surface area contributed by atoms with Crippen molar-refractivity contribution in [2.24, 2.45) is 0 Å². The van der Waals surface area contributed by atoms with Crippen molar-refractivity contribution in [3.05, 3.63) is 33.2 Å². The molecule has 1 atom stereocenters. The molecular weight excluding hydrogens is 350 g/mol. The summed E-state index contributed by atoms with van der Waals surface area (Å²) < 4.78 is 6.94. The average Bonchev–Trinajstić information content (AvgIpc) is 2.57. The maximum absolute atomic E-state index is 12.4. The van der Waals surface area contributed by atoms with Gasteiger partial charge in [0.15, 0.2) is 0 Å². The first-order valence-corrected chi connectivity index (χ1v) is 12.5. The van der Waals surface area contributed by atoms with Crippen LogP contribution in [-0.4, -0.2) is 42.9 Å². The van der Waals surface area contributed by atoms with E-state index in [1.54, 1.807) is 6.92 Å². The molecule has 1 aromatic rings. The van der Waals surface area contributed by atoms with Gasteiger partial charge < -0.3 is 15.2 Å². The molecular formula is C18H29N3O4Si. The Bertz CT molecular complexity index is 732. The lowest BCUT2D eigenvalue weighted by atomic mass is 10.1. The minimum absolute atomic E-state index is 0.00251. The Kier molecular flexibility index (Phi) is 8.21. The Labute approximate surface area is 155 Å². The lowest BCUT2D eigenvalue weighted by Crippen LogP contribution is -2.35. The van der Waals surface area contributed by atoms with Gasteiger partial charge in [-0.3, -0.25) is 14.2 Å². The number of carbonyl (C=O) groups is 1. The normalized spacial score (nSPS) is 12.5. The summed E-state index contributed by atoms with van der Waals surface area (Å²) in [4.78, 5) is 24.8. The molecule has 0 aromatic carbocycles. The van der Waals surface area contributed by atoms with Gasteiger partial charge in [0, 0.05) is 26.9 Å². The number of amides is 1. The third-order valence-corrected chi connectivity index (χ3v) is 5.81. The van der Waals surface area contributed by atoms with Gasteiger partial charge >= 0.3 is 0 Å². The van der Waals surface area contributed by atoms with Crippen LogP contribution < -0.4 is 10.9 Å². The second-order valence-corrected chi connectivity index (χ2v) is 13.1. The highest BCUT2D eigenvalue weighted by molar-refractivity contribution is 6.76. The number of hydrogen-bond acceptors (Lipinski definition) is 5. The van der Waals surface area contributed by atoms with Crippen molar-refractivity contribution in [1.29, 1.82) is 5.26 Å². The molecule has 1 unspecified atom stereocenters. The van der Waals surface area contributed by atoms with Crippen LogP contribution in [-0.2, 0) is 11.5 Å². The molecule has 0 saturated carbocycles. The van der Waals surface area contributed by atoms with E-state index in [9.17, 15) is 20.0 Å². The summed E-state index contributed by atoms with van der Waals surface area (Å²) in [7, 11) is -1.25. The van der Waals surface area contributed by atoms with Gasteiger partial charge in [-0.25, -0.2) is 0 Å². The van der Waals surface area contributed by atoms with Gasteiger partial charge in [0.2, 0.25) is 0 Å². The number of nitrogens with zero attached hydrogens (tertiary/aromatic N) is 2. The third kappa shape index (κ3) is 6.41. The van der Waals surface area contributed by atoms with Crippen LogP contribution in [0, 0.1) is 18.3 Å². The minimum Gasteiger partial charge on any atom is -0.391 e. The third-order valence-electron chi connectivity index (χ3n) is 4.11. The molecule has 1 rings (SSSR count). The highest BCUT2D eigenvalue weighted by atomic mass is 28.3. The molecule has 0 bridgehead atoms. The maximum atomic E-state index is 12.4. The van der Waals surface area contributed by atoms with Gasteiger partial charge in [-0.2, -0.15) is 5.26 Å². The minimum atomic E-state index is -1.25. The van der Waals surface area contributed by atoms with Crippen molar-refractivity contribution in [3.63, 3.8) is 0 Å². The Morgan fingerprint density at radius 1 is 1.46 bits per heavy atom. The molecule has 7 nitrogen and oxygen atoms in total. The van der Waals surface area contributed by atoms with Crippen LogP contribution in [0.5, 0.6) is 0 Å². The van der Waals surface area contributed by atoms with Crippen LogP contribution in [0.15, 0.2) is 10.9 Å². The van der Waals surface area contributed by atoms with Gasteiger partial charge in [-0.05, 0) is 25.5 Å². The topological polar surface area (TPSA) is 104 Å². The monoisotopic (exact) mass is 379 g/mol. The van der Waals surface area contributed by atoms with Crippen LogP contribution in [0.4, 0.5) is 0 Å². The molecule has 0 aliphatic carbocycles. The second kappa shape index (κ2) is 9.66. The van der Waals surface area contributed by atoms with Crippen LogP contribution >= 0.6 is 0 Å². The molecule has 0 aliphatic heterocycles. The molecule has 0 saturated heterocycles. The van der Waals surface area contributed by atoms with Crippen LogP contribution in [0.2, 0.25) is 25.7 Å². The molecule has 0 fully saturated rings. The van der Waals surface area contributed by atoms with E-state index in [1.807, 2.05) is 13.0 Å². The number of aromatic nitrogens is 1. The van der Waals surface area contributed by atoms with Gasteiger partial charge in [0.1, 0.15) is 18.4 Å². The predicted molar refractivity (Wildman–Crippen MR) is 103 cm³/mol. The van der Waals surface area contributed by atoms with E-state index in [1.165, 1.54) is 10.6 Å². The summed E-state index contributed by atoms with van der Waals surface area (Å²) in [5, 5.41) is 21.4. The summed E-state index contributed by atoms with van der Waals surface area (Å²) in [6.45, 7) is 10.8. The van der Waals surface area contributed by atoms with Gasteiger partial charge in [0.05, 0.1) is 11.7 Å². The fraction of sp³-hybridized carbons (Fsp3) is 0.611. The van der Waals surface area contributed by atoms with Crippen molar-refractivity contribution in [1.82, 2.24) is 9.88 Å². The number of carbonyl (C=O) groups excluding carboxylic acids is 1. The van der Waals surface area contributed by atoms with E-state index < -0.39 is 25.6 Å². The van der Waals surface area contributed by atoms with Crippen LogP contribution in [0.1, 0.15) is 35.0 Å². The Hall–Kier alpha value is -1.95. The summed E-state index contributed by atoms with van der Waals surface area (Å²) in [5.41, 5.74) is 0.0949. The highest BCUT2D eigenvalue weighted by Crippen LogP contribution is 2.11. The molecule has 8 heteroatoms. The number of nitriles is 1. The highest BCUT2D eigenvalue weighted by Gasteiger charge is 2.18.